The van der Waals surface area contributed by atoms with Gasteiger partial charge in [0.2, 0.25) is 5.91 Å². The van der Waals surface area contributed by atoms with Gasteiger partial charge in [-0.25, -0.2) is 4.98 Å². The van der Waals surface area contributed by atoms with Crippen molar-refractivity contribution in [2.45, 2.75) is 6.92 Å². The molecule has 25 heavy (non-hydrogen) atoms. The third-order valence-corrected chi connectivity index (χ3v) is 4.53. The summed E-state index contributed by atoms with van der Waals surface area (Å²) in [7, 11) is 0. The number of anilines is 1. The van der Waals surface area contributed by atoms with Crippen LogP contribution < -0.4 is 5.32 Å². The Morgan fingerprint density at radius 2 is 2.20 bits per heavy atom. The van der Waals surface area contributed by atoms with E-state index >= 15 is 0 Å². The number of thioether (sulfide) groups is 1. The molecular weight excluding hydrogens is 366 g/mol. The van der Waals surface area contributed by atoms with Crippen LogP contribution in [0.4, 0.5) is 10.8 Å². The predicted octanol–water partition coefficient (Wildman–Crippen LogP) is 2.95. The van der Waals surface area contributed by atoms with E-state index in [1.165, 1.54) is 23.5 Å². The number of ether oxygens (including phenoxy) is 1. The average Bonchev–Trinajstić information content (AvgIpc) is 3.03. The van der Waals surface area contributed by atoms with Gasteiger partial charge in [-0.3, -0.25) is 19.7 Å². The second-order valence-corrected chi connectivity index (χ2v) is 6.54. The largest absolute Gasteiger partial charge is 0.465 e. The van der Waals surface area contributed by atoms with E-state index < -0.39 is 4.92 Å². The van der Waals surface area contributed by atoms with Gasteiger partial charge in [0, 0.05) is 23.1 Å². The van der Waals surface area contributed by atoms with Crippen LogP contribution in [-0.2, 0) is 14.3 Å². The van der Waals surface area contributed by atoms with E-state index in [2.05, 4.69) is 10.3 Å². The number of non-ortho nitro benzene ring substituents is 1. The van der Waals surface area contributed by atoms with Crippen LogP contribution >= 0.6 is 23.1 Å². The van der Waals surface area contributed by atoms with E-state index in [9.17, 15) is 19.7 Å². The van der Waals surface area contributed by atoms with Crippen molar-refractivity contribution in [3.8, 4) is 11.3 Å². The quantitative estimate of drug-likeness (QED) is 0.425. The van der Waals surface area contributed by atoms with Crippen molar-refractivity contribution in [3.05, 3.63) is 39.8 Å². The van der Waals surface area contributed by atoms with E-state index in [-0.39, 0.29) is 29.1 Å². The van der Waals surface area contributed by atoms with Crippen LogP contribution in [0.5, 0.6) is 0 Å². The number of nitrogens with one attached hydrogen (secondary N) is 1. The molecule has 0 saturated heterocycles. The van der Waals surface area contributed by atoms with Gasteiger partial charge in [0.25, 0.3) is 5.69 Å². The Morgan fingerprint density at radius 3 is 2.92 bits per heavy atom. The molecule has 1 heterocycles. The Bertz CT molecular complexity index is 778. The van der Waals surface area contributed by atoms with Crippen molar-refractivity contribution in [3.63, 3.8) is 0 Å². The first-order chi connectivity index (χ1) is 12.0. The maximum absolute atomic E-state index is 11.8. The number of rotatable bonds is 8. The lowest BCUT2D eigenvalue weighted by atomic mass is 10.1. The highest BCUT2D eigenvalue weighted by Crippen LogP contribution is 2.27. The lowest BCUT2D eigenvalue weighted by Crippen LogP contribution is -2.16. The standard InChI is InChI=1S/C15H15N3O5S2/c1-2-23-14(20)9-24-8-13(19)17-15-16-12(7-25-15)10-4-3-5-11(6-10)18(21)22/h3-7H,2,8-9H2,1H3,(H,16,17,19). The number of carbonyl (C=O) groups is 2. The van der Waals surface area contributed by atoms with Crippen molar-refractivity contribution in [2.24, 2.45) is 0 Å². The molecule has 1 aromatic carbocycles. The number of nitro benzene ring substituents is 1. The molecule has 0 aliphatic carbocycles. The monoisotopic (exact) mass is 381 g/mol. The maximum Gasteiger partial charge on any atom is 0.315 e. The number of thiazole rings is 1. The number of hydrogen-bond acceptors (Lipinski definition) is 8. The van der Waals surface area contributed by atoms with Gasteiger partial charge in [0.15, 0.2) is 5.13 Å². The van der Waals surface area contributed by atoms with Crippen molar-refractivity contribution in [1.82, 2.24) is 4.98 Å². The number of nitro groups is 1. The lowest BCUT2D eigenvalue weighted by molar-refractivity contribution is -0.384. The van der Waals surface area contributed by atoms with Crippen molar-refractivity contribution in [2.75, 3.05) is 23.4 Å². The molecule has 8 nitrogen and oxygen atoms in total. The van der Waals surface area contributed by atoms with Crippen LogP contribution in [0.15, 0.2) is 29.6 Å². The number of hydrogen-bond donors (Lipinski definition) is 1. The van der Waals surface area contributed by atoms with Crippen LogP contribution in [0.2, 0.25) is 0 Å². The molecule has 0 fully saturated rings. The fraction of sp³-hybridized carbons (Fsp3) is 0.267. The summed E-state index contributed by atoms with van der Waals surface area (Å²) >= 11 is 2.37. The Labute approximate surface area is 151 Å². The second kappa shape index (κ2) is 9.14. The zero-order valence-corrected chi connectivity index (χ0v) is 14.9. The van der Waals surface area contributed by atoms with E-state index in [1.807, 2.05) is 0 Å². The summed E-state index contributed by atoms with van der Waals surface area (Å²) in [4.78, 5) is 37.6. The lowest BCUT2D eigenvalue weighted by Gasteiger charge is -2.02. The summed E-state index contributed by atoms with van der Waals surface area (Å²) in [5.41, 5.74) is 1.12. The van der Waals surface area contributed by atoms with Gasteiger partial charge in [-0.1, -0.05) is 12.1 Å². The molecular formula is C15H15N3O5S2. The number of carbonyl (C=O) groups excluding carboxylic acids is 2. The summed E-state index contributed by atoms with van der Waals surface area (Å²) in [5, 5.41) is 15.6. The van der Waals surface area contributed by atoms with Crippen LogP contribution in [0.1, 0.15) is 6.92 Å². The minimum absolute atomic E-state index is 0.0218. The molecule has 1 aromatic heterocycles. The van der Waals surface area contributed by atoms with E-state index in [0.29, 0.717) is 23.0 Å². The smallest absolute Gasteiger partial charge is 0.315 e. The predicted molar refractivity (Wildman–Crippen MR) is 96.8 cm³/mol. The Balaban J connectivity index is 1.91. The molecule has 0 bridgehead atoms. The summed E-state index contributed by atoms with van der Waals surface area (Å²) in [6, 6.07) is 6.12. The highest BCUT2D eigenvalue weighted by molar-refractivity contribution is 8.00. The van der Waals surface area contributed by atoms with E-state index in [1.54, 1.807) is 24.4 Å². The first-order valence-corrected chi connectivity index (χ1v) is 9.26. The molecule has 0 aliphatic rings. The summed E-state index contributed by atoms with van der Waals surface area (Å²) in [5.74, 6) is -0.431. The van der Waals surface area contributed by atoms with Gasteiger partial charge in [-0.05, 0) is 6.92 Å². The first kappa shape index (κ1) is 18.9. The fourth-order valence-corrected chi connectivity index (χ4v) is 3.17. The third kappa shape index (κ3) is 5.84. The van der Waals surface area contributed by atoms with Crippen LogP contribution in [0, 0.1) is 10.1 Å². The van der Waals surface area contributed by atoms with Gasteiger partial charge < -0.3 is 10.1 Å². The second-order valence-electron chi connectivity index (χ2n) is 4.69. The number of benzene rings is 1. The van der Waals surface area contributed by atoms with Gasteiger partial charge in [-0.15, -0.1) is 23.1 Å². The topological polar surface area (TPSA) is 111 Å². The summed E-state index contributed by atoms with van der Waals surface area (Å²) < 4.78 is 4.77. The molecule has 10 heteroatoms. The third-order valence-electron chi connectivity index (χ3n) is 2.86. The number of esters is 1. The maximum atomic E-state index is 11.8. The summed E-state index contributed by atoms with van der Waals surface area (Å²) in [6.07, 6.45) is 0. The number of amides is 1. The Hall–Kier alpha value is -2.46. The first-order valence-electron chi connectivity index (χ1n) is 7.23. The van der Waals surface area contributed by atoms with Crippen LogP contribution in [0.25, 0.3) is 11.3 Å². The molecule has 0 aliphatic heterocycles. The van der Waals surface area contributed by atoms with Crippen LogP contribution in [0.3, 0.4) is 0 Å². The van der Waals surface area contributed by atoms with Crippen LogP contribution in [-0.4, -0.2) is 39.9 Å². The molecule has 1 N–H and O–H groups in total. The molecule has 0 radical (unpaired) electrons. The molecule has 0 unspecified atom stereocenters. The highest BCUT2D eigenvalue weighted by atomic mass is 32.2. The van der Waals surface area contributed by atoms with Gasteiger partial charge in [0.05, 0.1) is 28.7 Å². The van der Waals surface area contributed by atoms with Gasteiger partial charge in [-0.2, -0.15) is 0 Å². The molecule has 132 valence electrons. The summed E-state index contributed by atoms with van der Waals surface area (Å²) in [6.45, 7) is 2.03. The van der Waals surface area contributed by atoms with Crippen molar-refractivity contribution >= 4 is 45.8 Å². The van der Waals surface area contributed by atoms with Gasteiger partial charge in [0.1, 0.15) is 0 Å². The van der Waals surface area contributed by atoms with Crippen molar-refractivity contribution < 1.29 is 19.2 Å². The zero-order valence-electron chi connectivity index (χ0n) is 13.3. The highest BCUT2D eigenvalue weighted by Gasteiger charge is 2.12. The minimum atomic E-state index is -0.473. The molecule has 0 spiro atoms. The molecule has 0 saturated carbocycles. The number of aromatic nitrogens is 1. The van der Waals surface area contributed by atoms with E-state index in [4.69, 9.17) is 4.74 Å². The molecule has 1 amide bonds. The Kier molecular flexibility index (Phi) is 6.90. The molecule has 2 aromatic rings. The molecule has 2 rings (SSSR count). The Morgan fingerprint density at radius 1 is 1.40 bits per heavy atom. The van der Waals surface area contributed by atoms with Gasteiger partial charge >= 0.3 is 5.97 Å². The average molecular weight is 381 g/mol. The minimum Gasteiger partial charge on any atom is -0.465 e. The fourth-order valence-electron chi connectivity index (χ4n) is 1.83. The normalized spacial score (nSPS) is 10.3. The zero-order chi connectivity index (χ0) is 18.2. The number of nitrogens with zero attached hydrogens (tertiary/aromatic N) is 2. The molecule has 0 atom stereocenters. The van der Waals surface area contributed by atoms with E-state index in [0.717, 1.165) is 11.8 Å². The SMILES string of the molecule is CCOC(=O)CSCC(=O)Nc1nc(-c2cccc([N+](=O)[O-])c2)cs1. The van der Waals surface area contributed by atoms with Crippen molar-refractivity contribution in [1.29, 1.82) is 0 Å².